The van der Waals surface area contributed by atoms with E-state index < -0.39 is 18.2 Å². The topological polar surface area (TPSA) is 20.2 Å². The van der Waals surface area contributed by atoms with Gasteiger partial charge >= 0.3 is 6.18 Å². The number of aliphatic hydroxyl groups is 1. The zero-order valence-electron chi connectivity index (χ0n) is 10.6. The van der Waals surface area contributed by atoms with E-state index in [2.05, 4.69) is 13.8 Å². The van der Waals surface area contributed by atoms with Crippen LogP contribution in [-0.4, -0.2) is 17.4 Å². The summed E-state index contributed by atoms with van der Waals surface area (Å²) in [6.07, 6.45) is -1.33. The first kappa shape index (κ1) is 14.8. The molecule has 0 amide bonds. The van der Waals surface area contributed by atoms with Crippen LogP contribution in [0.1, 0.15) is 52.4 Å². The molecule has 0 bridgehead atoms. The van der Waals surface area contributed by atoms with E-state index in [1.54, 1.807) is 0 Å². The van der Waals surface area contributed by atoms with Gasteiger partial charge in [0.25, 0.3) is 0 Å². The molecule has 0 aromatic rings. The smallest absolute Gasteiger partial charge is 0.391 e. The van der Waals surface area contributed by atoms with Crippen LogP contribution < -0.4 is 0 Å². The van der Waals surface area contributed by atoms with E-state index in [9.17, 15) is 18.3 Å². The molecule has 1 saturated carbocycles. The lowest BCUT2D eigenvalue weighted by Crippen LogP contribution is -2.32. The molecule has 1 aliphatic carbocycles. The van der Waals surface area contributed by atoms with Crippen LogP contribution in [0.15, 0.2) is 0 Å². The maximum absolute atomic E-state index is 12.5. The van der Waals surface area contributed by atoms with E-state index in [0.29, 0.717) is 18.8 Å². The van der Waals surface area contributed by atoms with Crippen molar-refractivity contribution in [1.82, 2.24) is 0 Å². The van der Waals surface area contributed by atoms with Gasteiger partial charge in [0.1, 0.15) is 0 Å². The van der Waals surface area contributed by atoms with Crippen molar-refractivity contribution in [1.29, 1.82) is 0 Å². The summed E-state index contributed by atoms with van der Waals surface area (Å²) in [5, 5.41) is 9.98. The van der Waals surface area contributed by atoms with E-state index in [0.717, 1.165) is 12.8 Å². The van der Waals surface area contributed by atoms with Crippen molar-refractivity contribution in [2.24, 2.45) is 17.8 Å². The number of alkyl halides is 3. The molecule has 2 atom stereocenters. The van der Waals surface area contributed by atoms with Crippen molar-refractivity contribution < 1.29 is 18.3 Å². The van der Waals surface area contributed by atoms with E-state index in [1.165, 1.54) is 0 Å². The van der Waals surface area contributed by atoms with Gasteiger partial charge in [-0.25, -0.2) is 0 Å². The Morgan fingerprint density at radius 3 is 2.12 bits per heavy atom. The highest BCUT2D eigenvalue weighted by molar-refractivity contribution is 4.81. The molecule has 0 saturated heterocycles. The first-order valence-electron chi connectivity index (χ1n) is 6.59. The molecule has 1 N–H and O–H groups in total. The summed E-state index contributed by atoms with van der Waals surface area (Å²) in [5.41, 5.74) is 0. The third-order valence-corrected chi connectivity index (χ3v) is 4.12. The van der Waals surface area contributed by atoms with Crippen LogP contribution >= 0.6 is 0 Å². The monoisotopic (exact) mass is 252 g/mol. The molecule has 2 unspecified atom stereocenters. The fourth-order valence-electron chi connectivity index (χ4n) is 2.60. The van der Waals surface area contributed by atoms with Gasteiger partial charge in [0.05, 0.1) is 12.0 Å². The van der Waals surface area contributed by atoms with Crippen LogP contribution in [0.5, 0.6) is 0 Å². The lowest BCUT2D eigenvalue weighted by atomic mass is 9.77. The number of aliphatic hydroxyl groups excluding tert-OH is 1. The molecule has 0 heterocycles. The summed E-state index contributed by atoms with van der Waals surface area (Å²) in [5.74, 6) is -0.623. The zero-order chi connectivity index (χ0) is 13.1. The number of hydrogen-bond donors (Lipinski definition) is 1. The Morgan fingerprint density at radius 2 is 1.71 bits per heavy atom. The fraction of sp³-hybridized carbons (Fsp3) is 1.00. The minimum Gasteiger partial charge on any atom is -0.393 e. The Morgan fingerprint density at radius 1 is 1.18 bits per heavy atom. The van der Waals surface area contributed by atoms with Crippen LogP contribution in [-0.2, 0) is 0 Å². The van der Waals surface area contributed by atoms with Crippen LogP contribution in [0.4, 0.5) is 13.2 Å². The second-order valence-corrected chi connectivity index (χ2v) is 5.47. The summed E-state index contributed by atoms with van der Waals surface area (Å²) in [7, 11) is 0. The molecule has 0 aromatic heterocycles. The van der Waals surface area contributed by atoms with Gasteiger partial charge in [-0.3, -0.25) is 0 Å². The van der Waals surface area contributed by atoms with E-state index in [1.807, 2.05) is 0 Å². The Balaban J connectivity index is 2.36. The van der Waals surface area contributed by atoms with Crippen LogP contribution in [0.3, 0.4) is 0 Å². The Hall–Kier alpha value is -0.250. The molecule has 0 radical (unpaired) electrons. The third kappa shape index (κ3) is 4.49. The maximum atomic E-state index is 12.5. The summed E-state index contributed by atoms with van der Waals surface area (Å²) >= 11 is 0. The molecule has 17 heavy (non-hydrogen) atoms. The minimum atomic E-state index is -4.05. The van der Waals surface area contributed by atoms with Gasteiger partial charge in [0, 0.05) is 0 Å². The van der Waals surface area contributed by atoms with Gasteiger partial charge < -0.3 is 5.11 Å². The Kier molecular flexibility index (Phi) is 5.29. The first-order valence-corrected chi connectivity index (χ1v) is 6.59. The molecule has 0 spiro atoms. The average molecular weight is 252 g/mol. The SMILES string of the molecule is CCC(C)CC(O)C1CCC(C(F)(F)F)CC1. The Labute approximate surface area is 101 Å². The van der Waals surface area contributed by atoms with Crippen LogP contribution in [0, 0.1) is 17.8 Å². The lowest BCUT2D eigenvalue weighted by molar-refractivity contribution is -0.186. The molecule has 1 fully saturated rings. The number of hydrogen-bond acceptors (Lipinski definition) is 1. The summed E-state index contributed by atoms with van der Waals surface area (Å²) in [6.45, 7) is 4.14. The lowest BCUT2D eigenvalue weighted by Gasteiger charge is -2.33. The molecule has 4 heteroatoms. The standard InChI is InChI=1S/C13H23F3O/c1-3-9(2)8-12(17)10-4-6-11(7-5-10)13(14,15)16/h9-12,17H,3-8H2,1-2H3. The highest BCUT2D eigenvalue weighted by Gasteiger charge is 2.42. The predicted molar refractivity (Wildman–Crippen MR) is 61.6 cm³/mol. The van der Waals surface area contributed by atoms with Gasteiger partial charge in [-0.1, -0.05) is 20.3 Å². The molecular formula is C13H23F3O. The van der Waals surface area contributed by atoms with Crippen molar-refractivity contribution in [2.75, 3.05) is 0 Å². The second-order valence-electron chi connectivity index (χ2n) is 5.47. The van der Waals surface area contributed by atoms with Gasteiger partial charge in [0.15, 0.2) is 0 Å². The highest BCUT2D eigenvalue weighted by atomic mass is 19.4. The largest absolute Gasteiger partial charge is 0.393 e. The second kappa shape index (κ2) is 6.07. The summed E-state index contributed by atoms with van der Waals surface area (Å²) in [4.78, 5) is 0. The van der Waals surface area contributed by atoms with E-state index in [-0.39, 0.29) is 18.8 Å². The minimum absolute atomic E-state index is 0.0719. The van der Waals surface area contributed by atoms with Gasteiger partial charge in [-0.2, -0.15) is 13.2 Å². The van der Waals surface area contributed by atoms with E-state index >= 15 is 0 Å². The predicted octanol–water partition coefficient (Wildman–Crippen LogP) is 4.15. The molecule has 1 aliphatic rings. The highest BCUT2D eigenvalue weighted by Crippen LogP contribution is 2.41. The van der Waals surface area contributed by atoms with Crippen molar-refractivity contribution in [3.05, 3.63) is 0 Å². The maximum Gasteiger partial charge on any atom is 0.391 e. The molecule has 0 aromatic carbocycles. The van der Waals surface area contributed by atoms with Crippen molar-refractivity contribution in [2.45, 2.75) is 64.7 Å². The number of rotatable bonds is 4. The van der Waals surface area contributed by atoms with Gasteiger partial charge in [-0.05, 0) is 43.9 Å². The fourth-order valence-corrected chi connectivity index (χ4v) is 2.60. The van der Waals surface area contributed by atoms with Crippen molar-refractivity contribution >= 4 is 0 Å². The van der Waals surface area contributed by atoms with Crippen LogP contribution in [0.2, 0.25) is 0 Å². The zero-order valence-corrected chi connectivity index (χ0v) is 10.6. The summed E-state index contributed by atoms with van der Waals surface area (Å²) in [6, 6.07) is 0. The average Bonchev–Trinajstić information content (AvgIpc) is 2.27. The van der Waals surface area contributed by atoms with Crippen molar-refractivity contribution in [3.8, 4) is 0 Å². The summed E-state index contributed by atoms with van der Waals surface area (Å²) < 4.78 is 37.4. The Bertz CT molecular complexity index is 219. The molecule has 1 rings (SSSR count). The third-order valence-electron chi connectivity index (χ3n) is 4.12. The van der Waals surface area contributed by atoms with Gasteiger partial charge in [0.2, 0.25) is 0 Å². The van der Waals surface area contributed by atoms with Crippen molar-refractivity contribution in [3.63, 3.8) is 0 Å². The molecule has 102 valence electrons. The molecule has 1 nitrogen and oxygen atoms in total. The number of halogens is 3. The molecular weight excluding hydrogens is 229 g/mol. The van der Waals surface area contributed by atoms with Crippen LogP contribution in [0.25, 0.3) is 0 Å². The molecule has 0 aliphatic heterocycles. The first-order chi connectivity index (χ1) is 7.84. The van der Waals surface area contributed by atoms with E-state index in [4.69, 9.17) is 0 Å². The van der Waals surface area contributed by atoms with Gasteiger partial charge in [-0.15, -0.1) is 0 Å². The normalized spacial score (nSPS) is 30.0. The quantitative estimate of drug-likeness (QED) is 0.796.